The van der Waals surface area contributed by atoms with Crippen LogP contribution in [0.5, 0.6) is 0 Å². The lowest BCUT2D eigenvalue weighted by molar-refractivity contribution is 0.0819. The third-order valence-electron chi connectivity index (χ3n) is 4.28. The maximum atomic E-state index is 9.51. The van der Waals surface area contributed by atoms with Gasteiger partial charge in [-0.15, -0.1) is 0 Å². The van der Waals surface area contributed by atoms with Crippen LogP contribution in [0.1, 0.15) is 44.7 Å². The van der Waals surface area contributed by atoms with Crippen LogP contribution in [0, 0.1) is 5.92 Å². The molecule has 2 rings (SSSR count). The third-order valence-corrected chi connectivity index (χ3v) is 4.28. The molecule has 0 amide bonds. The first-order valence-corrected chi connectivity index (χ1v) is 8.20. The molecule has 21 heavy (non-hydrogen) atoms. The van der Waals surface area contributed by atoms with Gasteiger partial charge in [-0.2, -0.15) is 0 Å². The van der Waals surface area contributed by atoms with E-state index in [2.05, 4.69) is 35.1 Å². The van der Waals surface area contributed by atoms with Crippen LogP contribution >= 0.6 is 0 Å². The predicted molar refractivity (Wildman–Crippen MR) is 86.1 cm³/mol. The van der Waals surface area contributed by atoms with E-state index in [1.807, 2.05) is 18.5 Å². The quantitative estimate of drug-likeness (QED) is 0.756. The zero-order chi connectivity index (χ0) is 15.1. The number of rotatable bonds is 7. The van der Waals surface area contributed by atoms with Gasteiger partial charge in [-0.1, -0.05) is 19.9 Å². The van der Waals surface area contributed by atoms with Gasteiger partial charge >= 0.3 is 0 Å². The molecule has 1 unspecified atom stereocenters. The van der Waals surface area contributed by atoms with Crippen LogP contribution in [0.4, 0.5) is 0 Å². The van der Waals surface area contributed by atoms with Crippen molar-refractivity contribution in [3.63, 3.8) is 0 Å². The topological polar surface area (TPSA) is 48.4 Å². The Morgan fingerprint density at radius 3 is 2.76 bits per heavy atom. The standard InChI is InChI=1S/C17H29N3O/c1-14(2)17(15-5-3-8-18-13-15)19-9-4-10-20-11-6-16(21)7-12-20/h3,5,8,13-14,16-17,19,21H,4,6-7,9-12H2,1-2H3. The van der Waals surface area contributed by atoms with Crippen LogP contribution in [-0.4, -0.2) is 47.3 Å². The molecule has 0 aliphatic carbocycles. The van der Waals surface area contributed by atoms with E-state index < -0.39 is 0 Å². The van der Waals surface area contributed by atoms with Crippen LogP contribution in [0.25, 0.3) is 0 Å². The predicted octanol–water partition coefficient (Wildman–Crippen LogP) is 2.22. The Labute approximate surface area is 128 Å². The normalized spacial score (nSPS) is 19.0. The highest BCUT2D eigenvalue weighted by atomic mass is 16.3. The van der Waals surface area contributed by atoms with Gasteiger partial charge in [0.1, 0.15) is 0 Å². The number of nitrogens with one attached hydrogen (secondary N) is 1. The minimum atomic E-state index is -0.0738. The second-order valence-electron chi connectivity index (χ2n) is 6.39. The molecule has 1 aromatic rings. The zero-order valence-corrected chi connectivity index (χ0v) is 13.3. The Kier molecular flexibility index (Phi) is 6.61. The van der Waals surface area contributed by atoms with Crippen molar-refractivity contribution in [2.24, 2.45) is 5.92 Å². The molecule has 2 heterocycles. The summed E-state index contributed by atoms with van der Waals surface area (Å²) in [7, 11) is 0. The smallest absolute Gasteiger partial charge is 0.0564 e. The van der Waals surface area contributed by atoms with Crippen LogP contribution in [-0.2, 0) is 0 Å². The maximum Gasteiger partial charge on any atom is 0.0564 e. The van der Waals surface area contributed by atoms with E-state index in [4.69, 9.17) is 0 Å². The summed E-state index contributed by atoms with van der Waals surface area (Å²) in [4.78, 5) is 6.69. The molecule has 4 heteroatoms. The average Bonchev–Trinajstić information content (AvgIpc) is 2.49. The fraction of sp³-hybridized carbons (Fsp3) is 0.706. The average molecular weight is 291 g/mol. The van der Waals surface area contributed by atoms with Gasteiger partial charge in [0.2, 0.25) is 0 Å². The second-order valence-corrected chi connectivity index (χ2v) is 6.39. The van der Waals surface area contributed by atoms with Gasteiger partial charge in [0.15, 0.2) is 0 Å². The number of pyridine rings is 1. The molecule has 1 aliphatic rings. The number of hydrogen-bond acceptors (Lipinski definition) is 4. The number of nitrogens with zero attached hydrogens (tertiary/aromatic N) is 2. The number of aromatic nitrogens is 1. The van der Waals surface area contributed by atoms with Crippen molar-refractivity contribution in [1.29, 1.82) is 0 Å². The molecule has 1 fully saturated rings. The van der Waals surface area contributed by atoms with E-state index in [1.165, 1.54) is 5.56 Å². The first-order valence-electron chi connectivity index (χ1n) is 8.20. The molecule has 0 aromatic carbocycles. The molecule has 0 saturated carbocycles. The molecule has 0 spiro atoms. The number of hydrogen-bond donors (Lipinski definition) is 2. The summed E-state index contributed by atoms with van der Waals surface area (Å²) in [5.41, 5.74) is 1.27. The fourth-order valence-corrected chi connectivity index (χ4v) is 3.00. The van der Waals surface area contributed by atoms with Gasteiger partial charge in [0.25, 0.3) is 0 Å². The summed E-state index contributed by atoms with van der Waals surface area (Å²) in [6, 6.07) is 4.53. The summed E-state index contributed by atoms with van der Waals surface area (Å²) in [5, 5.41) is 13.2. The van der Waals surface area contributed by atoms with Crippen molar-refractivity contribution in [3.8, 4) is 0 Å². The molecule has 4 nitrogen and oxygen atoms in total. The molecule has 2 N–H and O–H groups in total. The Hall–Kier alpha value is -0.970. The lowest BCUT2D eigenvalue weighted by Gasteiger charge is -2.30. The Balaban J connectivity index is 1.71. The summed E-state index contributed by atoms with van der Waals surface area (Å²) < 4.78 is 0. The second kappa shape index (κ2) is 8.47. The Morgan fingerprint density at radius 2 is 2.14 bits per heavy atom. The summed E-state index contributed by atoms with van der Waals surface area (Å²) in [6.45, 7) is 8.72. The van der Waals surface area contributed by atoms with Gasteiger partial charge in [0, 0.05) is 31.5 Å². The molecule has 1 aromatic heterocycles. The molecule has 0 bridgehead atoms. The van der Waals surface area contributed by atoms with Crippen LogP contribution in [0.3, 0.4) is 0 Å². The Bertz CT molecular complexity index is 388. The summed E-state index contributed by atoms with van der Waals surface area (Å²) >= 11 is 0. The molecular formula is C17H29N3O. The largest absolute Gasteiger partial charge is 0.393 e. The van der Waals surface area contributed by atoms with Crippen molar-refractivity contribution < 1.29 is 5.11 Å². The van der Waals surface area contributed by atoms with Gasteiger partial charge in [-0.3, -0.25) is 4.98 Å². The highest BCUT2D eigenvalue weighted by molar-refractivity contribution is 5.14. The number of aliphatic hydroxyl groups excluding tert-OH is 1. The van der Waals surface area contributed by atoms with Crippen LogP contribution in [0.15, 0.2) is 24.5 Å². The molecular weight excluding hydrogens is 262 g/mol. The number of piperidine rings is 1. The van der Waals surface area contributed by atoms with Crippen molar-refractivity contribution in [2.75, 3.05) is 26.2 Å². The third kappa shape index (κ3) is 5.38. The lowest BCUT2D eigenvalue weighted by atomic mass is 9.97. The highest BCUT2D eigenvalue weighted by Gasteiger charge is 2.17. The number of aliphatic hydroxyl groups is 1. The van der Waals surface area contributed by atoms with Gasteiger partial charge in [0.05, 0.1) is 6.10 Å². The monoisotopic (exact) mass is 291 g/mol. The first-order chi connectivity index (χ1) is 10.2. The summed E-state index contributed by atoms with van der Waals surface area (Å²) in [5.74, 6) is 0.555. The van der Waals surface area contributed by atoms with E-state index in [0.717, 1.165) is 45.4 Å². The summed E-state index contributed by atoms with van der Waals surface area (Å²) in [6.07, 6.45) is 6.72. The van der Waals surface area contributed by atoms with E-state index in [9.17, 15) is 5.11 Å². The minimum Gasteiger partial charge on any atom is -0.393 e. The van der Waals surface area contributed by atoms with Crippen molar-refractivity contribution in [3.05, 3.63) is 30.1 Å². The lowest BCUT2D eigenvalue weighted by Crippen LogP contribution is -2.37. The van der Waals surface area contributed by atoms with E-state index in [-0.39, 0.29) is 6.10 Å². The van der Waals surface area contributed by atoms with E-state index in [1.54, 1.807) is 0 Å². The molecule has 1 saturated heterocycles. The van der Waals surface area contributed by atoms with E-state index >= 15 is 0 Å². The number of likely N-dealkylation sites (tertiary alicyclic amines) is 1. The fourth-order valence-electron chi connectivity index (χ4n) is 3.00. The van der Waals surface area contributed by atoms with Gasteiger partial charge in [-0.05, 0) is 49.9 Å². The zero-order valence-electron chi connectivity index (χ0n) is 13.3. The minimum absolute atomic E-state index is 0.0738. The molecule has 118 valence electrons. The van der Waals surface area contributed by atoms with Crippen molar-refractivity contribution in [1.82, 2.24) is 15.2 Å². The van der Waals surface area contributed by atoms with Crippen LogP contribution < -0.4 is 5.32 Å². The Morgan fingerprint density at radius 1 is 1.38 bits per heavy atom. The molecule has 1 aliphatic heterocycles. The van der Waals surface area contributed by atoms with Crippen molar-refractivity contribution >= 4 is 0 Å². The van der Waals surface area contributed by atoms with E-state index in [0.29, 0.717) is 12.0 Å². The van der Waals surface area contributed by atoms with Crippen LogP contribution in [0.2, 0.25) is 0 Å². The maximum absolute atomic E-state index is 9.51. The van der Waals surface area contributed by atoms with Gasteiger partial charge < -0.3 is 15.3 Å². The highest BCUT2D eigenvalue weighted by Crippen LogP contribution is 2.20. The first kappa shape index (κ1) is 16.4. The SMILES string of the molecule is CC(C)C(NCCCN1CCC(O)CC1)c1cccnc1. The van der Waals surface area contributed by atoms with Crippen molar-refractivity contribution in [2.45, 2.75) is 45.3 Å². The van der Waals surface area contributed by atoms with Gasteiger partial charge in [-0.25, -0.2) is 0 Å². The molecule has 0 radical (unpaired) electrons. The molecule has 1 atom stereocenters.